The molecule has 1 aliphatic heterocycles. The number of nitrogens with two attached hydrogens (primary N) is 6. The number of guanidine groups is 3. The second-order valence-electron chi connectivity index (χ2n) is 18.4. The summed E-state index contributed by atoms with van der Waals surface area (Å²) in [6, 6.07) is 4.22. The van der Waals surface area contributed by atoms with E-state index in [1.165, 1.54) is 6.92 Å². The Balaban J connectivity index is 2.49. The number of Topliss-reactive ketones (excluding diaryl/α,β-unsaturated/α-hetero) is 7. The highest BCUT2D eigenvalue weighted by molar-refractivity contribution is 6.02. The fourth-order valence-electron chi connectivity index (χ4n) is 7.71. The van der Waals surface area contributed by atoms with Gasteiger partial charge in [-0.15, -0.1) is 0 Å². The topological polar surface area (TPSA) is 397 Å². The van der Waals surface area contributed by atoms with E-state index in [1.54, 1.807) is 12.1 Å². The molecule has 0 aromatic heterocycles. The SMILES string of the molecule is CC(C)C[C@@H]1NN[C@@H](Cc2ccccc2)C(=O)CNCC(=O)CC(F)C(C)C(=O)[C@H](CCCN=C(N)N)NCN[C@@H](CCCN=C(N)N)C(=O)CN[C@@H](CCCN=C(N)N)C(=O)CC(F)NCC(=O)CC1=O. The number of hydrogen-bond donors (Lipinski definition) is 13. The van der Waals surface area contributed by atoms with E-state index in [9.17, 15) is 33.6 Å². The van der Waals surface area contributed by atoms with Crippen molar-refractivity contribution in [1.82, 2.24) is 37.4 Å². The zero-order valence-electron chi connectivity index (χ0n) is 41.9. The molecule has 1 aromatic rings. The molecule has 0 aliphatic carbocycles. The Hall–Kier alpha value is -5.70. The second-order valence-corrected chi connectivity index (χ2v) is 18.4. The quantitative estimate of drug-likeness (QED) is 0.0273. The van der Waals surface area contributed by atoms with E-state index in [0.29, 0.717) is 12.8 Å². The van der Waals surface area contributed by atoms with Gasteiger partial charge in [-0.25, -0.2) is 19.6 Å². The zero-order valence-corrected chi connectivity index (χ0v) is 41.9. The van der Waals surface area contributed by atoms with Crippen LogP contribution in [-0.4, -0.2) is 154 Å². The summed E-state index contributed by atoms with van der Waals surface area (Å²) < 4.78 is 31.3. The van der Waals surface area contributed by atoms with Crippen molar-refractivity contribution in [2.75, 3.05) is 52.5 Å². The fraction of sp³-hybridized carbons (Fsp3) is 0.660. The van der Waals surface area contributed by atoms with E-state index in [1.807, 2.05) is 32.0 Å². The zero-order chi connectivity index (χ0) is 53.6. The van der Waals surface area contributed by atoms with Crippen molar-refractivity contribution < 1.29 is 42.3 Å². The van der Waals surface area contributed by atoms with Crippen molar-refractivity contribution >= 4 is 58.4 Å². The monoisotopic (exact) mass is 1020 g/mol. The molecule has 8 atom stereocenters. The maximum absolute atomic E-state index is 15.9. The minimum Gasteiger partial charge on any atom is -0.370 e. The van der Waals surface area contributed by atoms with Crippen LogP contribution in [0.2, 0.25) is 0 Å². The summed E-state index contributed by atoms with van der Waals surface area (Å²) in [5.74, 6) is -5.52. The molecule has 0 spiro atoms. The van der Waals surface area contributed by atoms with Gasteiger partial charge in [-0.05, 0) is 62.8 Å². The smallest absolute Gasteiger partial charge is 0.185 e. The minimum atomic E-state index is -2.00. The van der Waals surface area contributed by atoms with E-state index in [-0.39, 0.29) is 108 Å². The molecular weight excluding hydrogens is 939 g/mol. The molecule has 25 heteroatoms. The van der Waals surface area contributed by atoms with Gasteiger partial charge in [0, 0.05) is 38.6 Å². The summed E-state index contributed by atoms with van der Waals surface area (Å²) in [5, 5.41) is 14.3. The van der Waals surface area contributed by atoms with Crippen LogP contribution in [0.25, 0.3) is 0 Å². The molecule has 3 unspecified atom stereocenters. The van der Waals surface area contributed by atoms with Crippen LogP contribution in [-0.2, 0) is 40.0 Å². The number of hydrogen-bond acceptors (Lipinski definition) is 17. The third-order valence-corrected chi connectivity index (χ3v) is 11.7. The van der Waals surface area contributed by atoms with E-state index in [0.717, 1.165) is 5.56 Å². The summed E-state index contributed by atoms with van der Waals surface area (Å²) >= 11 is 0. The van der Waals surface area contributed by atoms with Crippen molar-refractivity contribution in [2.24, 2.45) is 61.2 Å². The number of aliphatic imine (C=N–C) groups is 3. The summed E-state index contributed by atoms with van der Waals surface area (Å²) in [4.78, 5) is 107. The Morgan fingerprint density at radius 1 is 0.597 bits per heavy atom. The van der Waals surface area contributed by atoms with Crippen LogP contribution in [0.4, 0.5) is 8.78 Å². The number of nitrogens with one attached hydrogen (secondary N) is 7. The third kappa shape index (κ3) is 26.7. The van der Waals surface area contributed by atoms with Crippen LogP contribution in [0, 0.1) is 11.8 Å². The normalized spacial score (nSPS) is 25.2. The van der Waals surface area contributed by atoms with Gasteiger partial charge in [0.25, 0.3) is 0 Å². The summed E-state index contributed by atoms with van der Waals surface area (Å²) in [6.45, 7) is 3.81. The molecule has 19 N–H and O–H groups in total. The number of hydrazine groups is 1. The molecule has 1 heterocycles. The summed E-state index contributed by atoms with van der Waals surface area (Å²) in [6.07, 6.45) is -4.01. The van der Waals surface area contributed by atoms with Crippen molar-refractivity contribution in [3.05, 3.63) is 35.9 Å². The van der Waals surface area contributed by atoms with Crippen molar-refractivity contribution in [3.63, 3.8) is 0 Å². The number of carbonyl (C=O) groups excluding carboxylic acids is 7. The molecule has 72 heavy (non-hydrogen) atoms. The van der Waals surface area contributed by atoms with Gasteiger partial charge in [0.1, 0.15) is 12.0 Å². The number of nitrogens with zero attached hydrogens (tertiary/aromatic N) is 3. The van der Waals surface area contributed by atoms with Gasteiger partial charge in [-0.1, -0.05) is 51.1 Å². The van der Waals surface area contributed by atoms with Crippen molar-refractivity contribution in [1.29, 1.82) is 0 Å². The maximum Gasteiger partial charge on any atom is 0.185 e. The Bertz CT molecular complexity index is 1970. The largest absolute Gasteiger partial charge is 0.370 e. The first-order valence-corrected chi connectivity index (χ1v) is 24.5. The number of carbonyl (C=O) groups is 7. The molecule has 0 bridgehead atoms. The van der Waals surface area contributed by atoms with Crippen LogP contribution in [0.15, 0.2) is 45.3 Å². The number of alkyl halides is 2. The van der Waals surface area contributed by atoms with Gasteiger partial charge in [0.2, 0.25) is 0 Å². The molecule has 0 amide bonds. The number of rotatable bonds is 16. The van der Waals surface area contributed by atoms with Gasteiger partial charge in [-0.2, -0.15) is 0 Å². The first-order chi connectivity index (χ1) is 34.2. The van der Waals surface area contributed by atoms with Crippen LogP contribution in [0.1, 0.15) is 90.5 Å². The predicted octanol–water partition coefficient (Wildman–Crippen LogP) is -2.28. The number of benzene rings is 1. The lowest BCUT2D eigenvalue weighted by Gasteiger charge is -2.26. The Labute approximate surface area is 420 Å². The first kappa shape index (κ1) is 62.4. The number of halogens is 2. The van der Waals surface area contributed by atoms with Crippen LogP contribution >= 0.6 is 0 Å². The van der Waals surface area contributed by atoms with Gasteiger partial charge in [0.05, 0.1) is 69.2 Å². The van der Waals surface area contributed by atoms with Crippen LogP contribution in [0.5, 0.6) is 0 Å². The summed E-state index contributed by atoms with van der Waals surface area (Å²) in [5.41, 5.74) is 39.6. The van der Waals surface area contributed by atoms with Gasteiger partial charge in [0.15, 0.2) is 58.9 Å². The molecule has 0 saturated carbocycles. The lowest BCUT2D eigenvalue weighted by Crippen LogP contribution is -2.55. The molecular formula is C47H80F2N16O7. The third-order valence-electron chi connectivity index (χ3n) is 11.7. The van der Waals surface area contributed by atoms with Gasteiger partial charge in [-0.3, -0.25) is 64.5 Å². The van der Waals surface area contributed by atoms with Gasteiger partial charge < -0.3 is 45.0 Å². The highest BCUT2D eigenvalue weighted by atomic mass is 19.1. The molecule has 1 saturated heterocycles. The number of ketones is 7. The Morgan fingerprint density at radius 3 is 1.69 bits per heavy atom. The Kier molecular flexibility index (Phi) is 30.0. The molecule has 1 aromatic carbocycles. The van der Waals surface area contributed by atoms with Crippen molar-refractivity contribution in [3.8, 4) is 0 Å². The van der Waals surface area contributed by atoms with Crippen LogP contribution < -0.4 is 71.8 Å². The molecule has 23 nitrogen and oxygen atoms in total. The molecule has 1 fully saturated rings. The van der Waals surface area contributed by atoms with Crippen LogP contribution in [0.3, 0.4) is 0 Å². The molecule has 404 valence electrons. The van der Waals surface area contributed by atoms with E-state index in [4.69, 9.17) is 34.4 Å². The van der Waals surface area contributed by atoms with E-state index in [2.05, 4.69) is 52.4 Å². The van der Waals surface area contributed by atoms with Gasteiger partial charge >= 0.3 is 0 Å². The standard InChI is InChI=1S/C47H80F2N16O7/c1-28(2)18-37-39(68)21-32(67)24-61-43(49)22-40(69)34(12-7-15-57-45(50)51)60-26-42(71)35(13-8-16-58-46(52)53)62-27-63-36(14-9-17-59-47(54)55)44(72)29(3)33(48)20-31(66)23-56-25-41(70)38(65-64-37)19-30-10-5-4-6-11-30/h4-6,10-11,28-29,33-38,43,56,60-65H,7-9,12-27H2,1-3H3,(H4,50,51,57)(H4,52,53,58)(H4,54,55,59)/t29?,33?,34-,35-,36-,37-,38-,43?/m0/s1. The fourth-order valence-corrected chi connectivity index (χ4v) is 7.71. The lowest BCUT2D eigenvalue weighted by atomic mass is 9.90. The average molecular weight is 1020 g/mol. The summed E-state index contributed by atoms with van der Waals surface area (Å²) in [7, 11) is 0. The molecule has 1 aliphatic rings. The second kappa shape index (κ2) is 34.6. The Morgan fingerprint density at radius 2 is 1.12 bits per heavy atom. The van der Waals surface area contributed by atoms with E-state index >= 15 is 8.78 Å². The van der Waals surface area contributed by atoms with E-state index < -0.39 is 115 Å². The average Bonchev–Trinajstić information content (AvgIpc) is 3.31. The molecule has 2 rings (SSSR count). The molecule has 0 radical (unpaired) electrons. The maximum atomic E-state index is 15.9. The first-order valence-electron chi connectivity index (χ1n) is 24.5. The minimum absolute atomic E-state index is 0.0358. The highest BCUT2D eigenvalue weighted by Gasteiger charge is 2.32. The lowest BCUT2D eigenvalue weighted by molar-refractivity contribution is -0.130. The van der Waals surface area contributed by atoms with Crippen molar-refractivity contribution in [2.45, 2.75) is 134 Å². The highest BCUT2D eigenvalue weighted by Crippen LogP contribution is 2.18. The predicted molar refractivity (Wildman–Crippen MR) is 272 cm³/mol.